The first kappa shape index (κ1) is 16.1. The van der Waals surface area contributed by atoms with Crippen molar-refractivity contribution in [3.63, 3.8) is 0 Å². The lowest BCUT2D eigenvalue weighted by molar-refractivity contribution is -0.147. The molecule has 0 aromatic heterocycles. The highest BCUT2D eigenvalue weighted by molar-refractivity contribution is 7.86. The Bertz CT molecular complexity index is 561. The van der Waals surface area contributed by atoms with Gasteiger partial charge < -0.3 is 0 Å². The highest BCUT2D eigenvalue weighted by Crippen LogP contribution is 2.28. The van der Waals surface area contributed by atoms with E-state index in [1.54, 1.807) is 0 Å². The third-order valence-corrected chi connectivity index (χ3v) is 3.63. The topological polar surface area (TPSA) is 43.4 Å². The minimum absolute atomic E-state index is 0.429. The van der Waals surface area contributed by atoms with Gasteiger partial charge in [-0.2, -0.15) is 17.2 Å². The van der Waals surface area contributed by atoms with Crippen LogP contribution in [0, 0.1) is 5.82 Å². The molecule has 1 rings (SSSR count). The third kappa shape index (κ3) is 4.02. The number of hydrogen-bond acceptors (Lipinski definition) is 3. The van der Waals surface area contributed by atoms with Crippen molar-refractivity contribution >= 4 is 21.7 Å². The molecule has 1 aromatic carbocycles. The second kappa shape index (κ2) is 5.59. The standard InChI is InChI=1S/C9H6ClF5O3S/c10-6-2-1-5(11)3-7(6)19(16,17)18-4-9(14,15)8(12)13/h1-3,8H,4H2. The van der Waals surface area contributed by atoms with Crippen molar-refractivity contribution in [1.29, 1.82) is 0 Å². The van der Waals surface area contributed by atoms with E-state index in [4.69, 9.17) is 11.6 Å². The first-order chi connectivity index (χ1) is 8.56. The summed E-state index contributed by atoms with van der Waals surface area (Å²) in [7, 11) is -4.87. The van der Waals surface area contributed by atoms with E-state index < -0.39 is 44.8 Å². The molecule has 0 saturated carbocycles. The van der Waals surface area contributed by atoms with Gasteiger partial charge in [0.05, 0.1) is 5.02 Å². The molecule has 0 N–H and O–H groups in total. The largest absolute Gasteiger partial charge is 0.331 e. The monoisotopic (exact) mass is 324 g/mol. The molecule has 0 unspecified atom stereocenters. The van der Waals surface area contributed by atoms with E-state index in [0.717, 1.165) is 12.1 Å². The third-order valence-electron chi connectivity index (χ3n) is 1.89. The molecule has 0 spiro atoms. The molecular formula is C9H6ClF5O3S. The molecule has 108 valence electrons. The molecule has 0 aliphatic heterocycles. The zero-order valence-electron chi connectivity index (χ0n) is 8.92. The molecule has 10 heteroatoms. The van der Waals surface area contributed by atoms with E-state index in [9.17, 15) is 30.4 Å². The average Bonchev–Trinajstić information content (AvgIpc) is 2.30. The van der Waals surface area contributed by atoms with Gasteiger partial charge in [-0.15, -0.1) is 0 Å². The van der Waals surface area contributed by atoms with Crippen LogP contribution in [0.2, 0.25) is 5.02 Å². The maximum absolute atomic E-state index is 12.8. The summed E-state index contributed by atoms with van der Waals surface area (Å²) in [6.07, 6.45) is -4.09. The van der Waals surface area contributed by atoms with Crippen LogP contribution in [0.15, 0.2) is 23.1 Å². The van der Waals surface area contributed by atoms with Gasteiger partial charge in [-0.05, 0) is 18.2 Å². The number of benzene rings is 1. The van der Waals surface area contributed by atoms with Gasteiger partial charge in [0.2, 0.25) is 0 Å². The molecule has 3 nitrogen and oxygen atoms in total. The molecule has 0 fully saturated rings. The summed E-state index contributed by atoms with van der Waals surface area (Å²) < 4.78 is 88.1. The fraction of sp³-hybridized carbons (Fsp3) is 0.333. The van der Waals surface area contributed by atoms with Crippen molar-refractivity contribution < 1.29 is 34.6 Å². The van der Waals surface area contributed by atoms with Gasteiger partial charge in [-0.25, -0.2) is 13.2 Å². The van der Waals surface area contributed by atoms with Crippen LogP contribution in [0.3, 0.4) is 0 Å². The van der Waals surface area contributed by atoms with Crippen molar-refractivity contribution in [2.45, 2.75) is 17.2 Å². The highest BCUT2D eigenvalue weighted by atomic mass is 35.5. The summed E-state index contributed by atoms with van der Waals surface area (Å²) >= 11 is 5.43. The number of alkyl halides is 4. The van der Waals surface area contributed by atoms with E-state index in [1.807, 2.05) is 0 Å². The minimum atomic E-state index is -4.87. The van der Waals surface area contributed by atoms with Crippen LogP contribution < -0.4 is 0 Å². The van der Waals surface area contributed by atoms with Gasteiger partial charge in [0, 0.05) is 0 Å². The van der Waals surface area contributed by atoms with Crippen LogP contribution in [-0.4, -0.2) is 27.4 Å². The molecule has 0 saturated heterocycles. The lowest BCUT2D eigenvalue weighted by Gasteiger charge is -2.15. The van der Waals surface area contributed by atoms with Crippen molar-refractivity contribution in [3.8, 4) is 0 Å². The van der Waals surface area contributed by atoms with Crippen LogP contribution in [0.25, 0.3) is 0 Å². The number of halogens is 6. The van der Waals surface area contributed by atoms with E-state index in [2.05, 4.69) is 4.18 Å². The quantitative estimate of drug-likeness (QED) is 0.617. The molecule has 0 amide bonds. The minimum Gasteiger partial charge on any atom is -0.260 e. The zero-order valence-corrected chi connectivity index (χ0v) is 10.5. The molecule has 0 radical (unpaired) electrons. The second-order valence-electron chi connectivity index (χ2n) is 3.35. The fourth-order valence-electron chi connectivity index (χ4n) is 0.951. The Morgan fingerprint density at radius 2 is 1.89 bits per heavy atom. The molecule has 0 aliphatic rings. The van der Waals surface area contributed by atoms with Crippen molar-refractivity contribution in [2.24, 2.45) is 0 Å². The molecule has 19 heavy (non-hydrogen) atoms. The predicted molar refractivity (Wildman–Crippen MR) is 55.5 cm³/mol. The lowest BCUT2D eigenvalue weighted by Crippen LogP contribution is -2.33. The summed E-state index contributed by atoms with van der Waals surface area (Å²) in [6.45, 7) is -2.07. The SMILES string of the molecule is O=S(=O)(OCC(F)(F)C(F)F)c1cc(F)ccc1Cl. The number of hydrogen-bond donors (Lipinski definition) is 0. The van der Waals surface area contributed by atoms with Crippen LogP contribution in [0.1, 0.15) is 0 Å². The Hall–Kier alpha value is -0.930. The van der Waals surface area contributed by atoms with Crippen LogP contribution >= 0.6 is 11.6 Å². The Morgan fingerprint density at radius 1 is 1.32 bits per heavy atom. The first-order valence-corrected chi connectivity index (χ1v) is 6.35. The molecule has 0 aliphatic carbocycles. The Balaban J connectivity index is 2.97. The fourth-order valence-corrected chi connectivity index (χ4v) is 2.36. The van der Waals surface area contributed by atoms with Crippen molar-refractivity contribution in [2.75, 3.05) is 6.61 Å². The predicted octanol–water partition coefficient (Wildman–Crippen LogP) is 3.08. The molecule has 1 aromatic rings. The normalized spacial score (nSPS) is 13.0. The second-order valence-corrected chi connectivity index (χ2v) is 5.34. The molecular weight excluding hydrogens is 319 g/mol. The van der Waals surface area contributed by atoms with Gasteiger partial charge in [-0.3, -0.25) is 4.18 Å². The first-order valence-electron chi connectivity index (χ1n) is 4.57. The Morgan fingerprint density at radius 3 is 2.42 bits per heavy atom. The Labute approximate surface area is 110 Å². The Kier molecular flexibility index (Phi) is 4.75. The van der Waals surface area contributed by atoms with E-state index in [1.165, 1.54) is 0 Å². The average molecular weight is 325 g/mol. The van der Waals surface area contributed by atoms with Crippen LogP contribution in [0.5, 0.6) is 0 Å². The highest BCUT2D eigenvalue weighted by Gasteiger charge is 2.42. The molecule has 0 bridgehead atoms. The summed E-state index contributed by atoms with van der Waals surface area (Å²) in [4.78, 5) is -0.917. The van der Waals surface area contributed by atoms with Crippen LogP contribution in [-0.2, 0) is 14.3 Å². The van der Waals surface area contributed by atoms with Gasteiger partial charge in [-0.1, -0.05) is 11.6 Å². The van der Waals surface area contributed by atoms with Gasteiger partial charge in [0.15, 0.2) is 0 Å². The molecule has 0 heterocycles. The number of rotatable bonds is 5. The van der Waals surface area contributed by atoms with Crippen LogP contribution in [0.4, 0.5) is 22.0 Å². The summed E-state index contributed by atoms with van der Waals surface area (Å²) in [6, 6.07) is 2.12. The van der Waals surface area contributed by atoms with Crippen molar-refractivity contribution in [1.82, 2.24) is 0 Å². The van der Waals surface area contributed by atoms with E-state index in [0.29, 0.717) is 6.07 Å². The molecule has 0 atom stereocenters. The van der Waals surface area contributed by atoms with E-state index >= 15 is 0 Å². The maximum Gasteiger partial charge on any atom is 0.331 e. The maximum atomic E-state index is 12.8. The smallest absolute Gasteiger partial charge is 0.260 e. The van der Waals surface area contributed by atoms with E-state index in [-0.39, 0.29) is 0 Å². The van der Waals surface area contributed by atoms with Gasteiger partial charge in [0.1, 0.15) is 17.3 Å². The lowest BCUT2D eigenvalue weighted by atomic mass is 10.3. The summed E-state index contributed by atoms with van der Waals surface area (Å²) in [5.74, 6) is -5.65. The van der Waals surface area contributed by atoms with Crippen molar-refractivity contribution in [3.05, 3.63) is 29.0 Å². The summed E-state index contributed by atoms with van der Waals surface area (Å²) in [5, 5.41) is -0.484. The zero-order chi connectivity index (χ0) is 14.8. The summed E-state index contributed by atoms with van der Waals surface area (Å²) in [5.41, 5.74) is 0. The van der Waals surface area contributed by atoms with Gasteiger partial charge >= 0.3 is 12.3 Å². The van der Waals surface area contributed by atoms with Gasteiger partial charge in [0.25, 0.3) is 10.1 Å².